The van der Waals surface area contributed by atoms with Gasteiger partial charge in [-0.25, -0.2) is 4.39 Å². The van der Waals surface area contributed by atoms with Crippen LogP contribution in [-0.4, -0.2) is 5.78 Å². The summed E-state index contributed by atoms with van der Waals surface area (Å²) in [7, 11) is 0. The van der Waals surface area contributed by atoms with E-state index in [1.54, 1.807) is 24.3 Å². The van der Waals surface area contributed by atoms with Crippen molar-refractivity contribution in [2.24, 2.45) is 0 Å². The van der Waals surface area contributed by atoms with E-state index < -0.39 is 5.82 Å². The highest BCUT2D eigenvalue weighted by molar-refractivity contribution is 9.10. The van der Waals surface area contributed by atoms with Gasteiger partial charge in [-0.05, 0) is 24.3 Å². The van der Waals surface area contributed by atoms with Crippen LogP contribution in [0.4, 0.5) is 4.39 Å². The molecule has 2 rings (SSSR count). The van der Waals surface area contributed by atoms with Crippen LogP contribution in [0.2, 0.25) is 0 Å². The molecule has 0 aliphatic heterocycles. The zero-order valence-electron chi connectivity index (χ0n) is 8.28. The lowest BCUT2D eigenvalue weighted by Gasteiger charge is -2.01. The molecule has 0 saturated heterocycles. The second kappa shape index (κ2) is 4.58. The molecule has 1 nitrogen and oxygen atoms in total. The molecule has 3 heteroatoms. The van der Waals surface area contributed by atoms with Crippen LogP contribution in [0.5, 0.6) is 0 Å². The third-order valence-electron chi connectivity index (χ3n) is 2.17. The highest BCUT2D eigenvalue weighted by atomic mass is 79.9. The first kappa shape index (κ1) is 11.0. The van der Waals surface area contributed by atoms with Gasteiger partial charge in [0.1, 0.15) is 5.82 Å². The van der Waals surface area contributed by atoms with Crippen LogP contribution in [-0.2, 0) is 0 Å². The standard InChI is InChI=1S/C13H8BrFO/c14-11-5-1-3-9(7-11)13(16)10-4-2-6-12(15)8-10/h1-8H. The molecule has 0 radical (unpaired) electrons. The Morgan fingerprint density at radius 2 is 1.62 bits per heavy atom. The van der Waals surface area contributed by atoms with Crippen molar-refractivity contribution in [1.82, 2.24) is 0 Å². The number of benzene rings is 2. The number of halogens is 2. The molecule has 0 aliphatic rings. The van der Waals surface area contributed by atoms with E-state index in [1.807, 2.05) is 6.07 Å². The van der Waals surface area contributed by atoms with Gasteiger partial charge in [0.05, 0.1) is 0 Å². The summed E-state index contributed by atoms with van der Waals surface area (Å²) in [4.78, 5) is 12.0. The van der Waals surface area contributed by atoms with E-state index in [4.69, 9.17) is 0 Å². The van der Waals surface area contributed by atoms with Crippen molar-refractivity contribution in [3.63, 3.8) is 0 Å². The van der Waals surface area contributed by atoms with E-state index in [-0.39, 0.29) is 5.78 Å². The first-order chi connectivity index (χ1) is 7.66. The van der Waals surface area contributed by atoms with Crippen molar-refractivity contribution in [2.75, 3.05) is 0 Å². The van der Waals surface area contributed by atoms with Gasteiger partial charge in [-0.2, -0.15) is 0 Å². The average Bonchev–Trinajstić information content (AvgIpc) is 2.28. The fourth-order valence-electron chi connectivity index (χ4n) is 1.43. The minimum Gasteiger partial charge on any atom is -0.289 e. The van der Waals surface area contributed by atoms with Gasteiger partial charge >= 0.3 is 0 Å². The maximum Gasteiger partial charge on any atom is 0.193 e. The van der Waals surface area contributed by atoms with Gasteiger partial charge in [0.2, 0.25) is 0 Å². The Hall–Kier alpha value is -1.48. The Kier molecular flexibility index (Phi) is 3.15. The van der Waals surface area contributed by atoms with Crippen LogP contribution in [0.25, 0.3) is 0 Å². The third-order valence-corrected chi connectivity index (χ3v) is 2.67. The van der Waals surface area contributed by atoms with E-state index in [9.17, 15) is 9.18 Å². The van der Waals surface area contributed by atoms with E-state index in [0.29, 0.717) is 11.1 Å². The zero-order valence-corrected chi connectivity index (χ0v) is 9.87. The van der Waals surface area contributed by atoms with E-state index in [1.165, 1.54) is 18.2 Å². The van der Waals surface area contributed by atoms with Crippen molar-refractivity contribution in [3.8, 4) is 0 Å². The van der Waals surface area contributed by atoms with Gasteiger partial charge in [0.15, 0.2) is 5.78 Å². The minimum atomic E-state index is -0.402. The molecule has 16 heavy (non-hydrogen) atoms. The second-order valence-electron chi connectivity index (χ2n) is 3.35. The molecule has 0 heterocycles. The van der Waals surface area contributed by atoms with Gasteiger partial charge in [-0.15, -0.1) is 0 Å². The molecule has 0 aliphatic carbocycles. The number of hydrogen-bond donors (Lipinski definition) is 0. The van der Waals surface area contributed by atoms with Crippen molar-refractivity contribution in [3.05, 3.63) is 69.9 Å². The maximum atomic E-state index is 13.0. The van der Waals surface area contributed by atoms with Gasteiger partial charge in [-0.3, -0.25) is 4.79 Å². The van der Waals surface area contributed by atoms with Crippen molar-refractivity contribution in [2.45, 2.75) is 0 Å². The van der Waals surface area contributed by atoms with E-state index >= 15 is 0 Å². The number of carbonyl (C=O) groups excluding carboxylic acids is 1. The Balaban J connectivity index is 2.39. The Morgan fingerprint density at radius 1 is 1.00 bits per heavy atom. The van der Waals surface area contributed by atoms with E-state index in [0.717, 1.165) is 4.47 Å². The highest BCUT2D eigenvalue weighted by Crippen LogP contribution is 2.15. The molecule has 0 aromatic heterocycles. The molecule has 0 N–H and O–H groups in total. The maximum absolute atomic E-state index is 13.0. The van der Waals surface area contributed by atoms with E-state index in [2.05, 4.69) is 15.9 Å². The summed E-state index contributed by atoms with van der Waals surface area (Å²) in [6.07, 6.45) is 0. The lowest BCUT2D eigenvalue weighted by molar-refractivity contribution is 0.103. The van der Waals surface area contributed by atoms with Crippen molar-refractivity contribution < 1.29 is 9.18 Å². The first-order valence-corrected chi connectivity index (χ1v) is 5.52. The normalized spacial score (nSPS) is 10.1. The fraction of sp³-hybridized carbons (Fsp3) is 0. The predicted octanol–water partition coefficient (Wildman–Crippen LogP) is 3.82. The van der Waals surface area contributed by atoms with Crippen molar-refractivity contribution in [1.29, 1.82) is 0 Å². The number of rotatable bonds is 2. The smallest absolute Gasteiger partial charge is 0.193 e. The summed E-state index contributed by atoms with van der Waals surface area (Å²) >= 11 is 3.29. The van der Waals surface area contributed by atoms with Gasteiger partial charge in [0.25, 0.3) is 0 Å². The van der Waals surface area contributed by atoms with Crippen LogP contribution in [0.3, 0.4) is 0 Å². The molecular weight excluding hydrogens is 271 g/mol. The lowest BCUT2D eigenvalue weighted by Crippen LogP contribution is -2.01. The lowest BCUT2D eigenvalue weighted by atomic mass is 10.0. The monoisotopic (exact) mass is 278 g/mol. The van der Waals surface area contributed by atoms with Crippen LogP contribution in [0.15, 0.2) is 53.0 Å². The second-order valence-corrected chi connectivity index (χ2v) is 4.27. The molecule has 0 spiro atoms. The van der Waals surface area contributed by atoms with Gasteiger partial charge in [0, 0.05) is 15.6 Å². The Bertz CT molecular complexity index is 489. The first-order valence-electron chi connectivity index (χ1n) is 4.72. The van der Waals surface area contributed by atoms with Crippen LogP contribution >= 0.6 is 15.9 Å². The van der Waals surface area contributed by atoms with Crippen LogP contribution in [0, 0.1) is 5.82 Å². The summed E-state index contributed by atoms with van der Waals surface area (Å²) in [6.45, 7) is 0. The predicted molar refractivity (Wildman–Crippen MR) is 64.0 cm³/mol. The molecule has 0 bridgehead atoms. The number of hydrogen-bond acceptors (Lipinski definition) is 1. The summed E-state index contributed by atoms with van der Waals surface area (Å²) in [6, 6.07) is 12.7. The van der Waals surface area contributed by atoms with Crippen LogP contribution in [0.1, 0.15) is 15.9 Å². The largest absolute Gasteiger partial charge is 0.289 e. The van der Waals surface area contributed by atoms with Crippen LogP contribution < -0.4 is 0 Å². The molecule has 0 unspecified atom stereocenters. The zero-order chi connectivity index (χ0) is 11.5. The SMILES string of the molecule is O=C(c1cccc(F)c1)c1cccc(Br)c1. The summed E-state index contributed by atoms with van der Waals surface area (Å²) < 4.78 is 13.8. The topological polar surface area (TPSA) is 17.1 Å². The molecule has 0 atom stereocenters. The minimum absolute atomic E-state index is 0.180. The number of carbonyl (C=O) groups is 1. The summed E-state index contributed by atoms with van der Waals surface area (Å²) in [5, 5.41) is 0. The molecular formula is C13H8BrFO. The van der Waals surface area contributed by atoms with Crippen molar-refractivity contribution >= 4 is 21.7 Å². The molecule has 0 fully saturated rings. The third kappa shape index (κ3) is 2.36. The molecule has 0 amide bonds. The molecule has 0 saturated carbocycles. The highest BCUT2D eigenvalue weighted by Gasteiger charge is 2.09. The summed E-state index contributed by atoms with van der Waals surface area (Å²) in [5.41, 5.74) is 0.901. The van der Waals surface area contributed by atoms with Gasteiger partial charge < -0.3 is 0 Å². The fourth-order valence-corrected chi connectivity index (χ4v) is 1.83. The quantitative estimate of drug-likeness (QED) is 0.764. The molecule has 80 valence electrons. The molecule has 2 aromatic rings. The average molecular weight is 279 g/mol. The molecule has 2 aromatic carbocycles. The number of ketones is 1. The summed E-state index contributed by atoms with van der Waals surface area (Å²) in [5.74, 6) is -0.582. The Morgan fingerprint density at radius 3 is 2.25 bits per heavy atom. The van der Waals surface area contributed by atoms with Gasteiger partial charge in [-0.1, -0.05) is 40.2 Å². The Labute approximate surface area is 101 Å².